The highest BCUT2D eigenvalue weighted by Gasteiger charge is 2.14. The fraction of sp³-hybridized carbons (Fsp3) is 0.333. The van der Waals surface area contributed by atoms with Crippen molar-refractivity contribution in [1.29, 1.82) is 0 Å². The van der Waals surface area contributed by atoms with Gasteiger partial charge in [-0.15, -0.1) is 5.10 Å². The molecule has 19 heavy (non-hydrogen) atoms. The van der Waals surface area contributed by atoms with E-state index in [1.807, 2.05) is 0 Å². The predicted molar refractivity (Wildman–Crippen MR) is 67.8 cm³/mol. The first-order chi connectivity index (χ1) is 8.96. The Kier molecular flexibility index (Phi) is 3.57. The van der Waals surface area contributed by atoms with Crippen LogP contribution in [0.3, 0.4) is 0 Å². The maximum Gasteiger partial charge on any atom is 0.251 e. The molecule has 0 spiro atoms. The normalized spacial score (nSPS) is 11.3. The van der Waals surface area contributed by atoms with E-state index in [2.05, 4.69) is 20.8 Å². The summed E-state index contributed by atoms with van der Waals surface area (Å²) < 4.78 is 1.50. The minimum atomic E-state index is -0.929. The molecule has 2 aromatic rings. The van der Waals surface area contributed by atoms with Crippen LogP contribution < -0.4 is 5.32 Å². The molecule has 0 fully saturated rings. The Hall–Kier alpha value is -2.28. The Balaban J connectivity index is 2.04. The minimum absolute atomic E-state index is 0.195. The largest absolute Gasteiger partial charge is 0.389 e. The summed E-state index contributed by atoms with van der Waals surface area (Å²) >= 11 is 0. The number of tetrazole rings is 1. The van der Waals surface area contributed by atoms with Crippen LogP contribution in [0.15, 0.2) is 30.6 Å². The van der Waals surface area contributed by atoms with E-state index in [0.29, 0.717) is 5.56 Å². The third-order valence-corrected chi connectivity index (χ3v) is 2.42. The van der Waals surface area contributed by atoms with Crippen molar-refractivity contribution >= 4 is 5.91 Å². The molecule has 1 aromatic heterocycles. The molecular weight excluding hydrogens is 246 g/mol. The summed E-state index contributed by atoms with van der Waals surface area (Å²) in [7, 11) is 0. The van der Waals surface area contributed by atoms with Gasteiger partial charge in [-0.05, 0) is 48.5 Å². The fourth-order valence-electron chi connectivity index (χ4n) is 1.44. The smallest absolute Gasteiger partial charge is 0.251 e. The Morgan fingerprint density at radius 3 is 2.58 bits per heavy atom. The molecule has 1 amide bonds. The zero-order valence-electron chi connectivity index (χ0n) is 10.7. The summed E-state index contributed by atoms with van der Waals surface area (Å²) in [6.07, 6.45) is 1.48. The number of carbonyl (C=O) groups is 1. The molecule has 0 atom stereocenters. The monoisotopic (exact) mass is 261 g/mol. The molecule has 0 aliphatic heterocycles. The van der Waals surface area contributed by atoms with E-state index in [-0.39, 0.29) is 12.5 Å². The topological polar surface area (TPSA) is 92.9 Å². The fourth-order valence-corrected chi connectivity index (χ4v) is 1.44. The van der Waals surface area contributed by atoms with Gasteiger partial charge in [0.1, 0.15) is 6.33 Å². The first kappa shape index (κ1) is 13.2. The van der Waals surface area contributed by atoms with E-state index in [9.17, 15) is 9.90 Å². The molecule has 0 aliphatic carbocycles. The van der Waals surface area contributed by atoms with Crippen LogP contribution in [0.1, 0.15) is 24.2 Å². The zero-order valence-corrected chi connectivity index (χ0v) is 10.7. The maximum absolute atomic E-state index is 11.8. The lowest BCUT2D eigenvalue weighted by molar-refractivity contribution is 0.0694. The summed E-state index contributed by atoms with van der Waals surface area (Å²) in [6, 6.07) is 6.85. The van der Waals surface area contributed by atoms with Gasteiger partial charge in [0.2, 0.25) is 0 Å². The third-order valence-electron chi connectivity index (χ3n) is 2.42. The van der Waals surface area contributed by atoms with Crippen LogP contribution in [0.25, 0.3) is 5.69 Å². The SMILES string of the molecule is CC(C)(O)CNC(=O)c1ccc(-n2cnnn2)cc1. The second-order valence-electron chi connectivity index (χ2n) is 4.80. The number of hydrogen-bond acceptors (Lipinski definition) is 5. The molecule has 0 unspecified atom stereocenters. The van der Waals surface area contributed by atoms with E-state index in [1.54, 1.807) is 38.1 Å². The van der Waals surface area contributed by atoms with Gasteiger partial charge in [-0.3, -0.25) is 4.79 Å². The maximum atomic E-state index is 11.8. The van der Waals surface area contributed by atoms with E-state index < -0.39 is 5.60 Å². The number of nitrogens with one attached hydrogen (secondary N) is 1. The van der Waals surface area contributed by atoms with Crippen LogP contribution in [-0.2, 0) is 0 Å². The van der Waals surface area contributed by atoms with Crippen LogP contribution >= 0.6 is 0 Å². The van der Waals surface area contributed by atoms with Crippen LogP contribution in [0, 0.1) is 0 Å². The summed E-state index contributed by atoms with van der Waals surface area (Å²) in [5.41, 5.74) is 0.354. The highest BCUT2D eigenvalue weighted by Crippen LogP contribution is 2.08. The van der Waals surface area contributed by atoms with Crippen LogP contribution in [0.2, 0.25) is 0 Å². The highest BCUT2D eigenvalue weighted by molar-refractivity contribution is 5.94. The first-order valence-corrected chi connectivity index (χ1v) is 5.80. The molecule has 0 saturated heterocycles. The van der Waals surface area contributed by atoms with E-state index in [0.717, 1.165) is 5.69 Å². The molecule has 0 saturated carbocycles. The number of benzene rings is 1. The standard InChI is InChI=1S/C12H15N5O2/c1-12(2,19)7-13-11(18)9-3-5-10(6-4-9)17-8-14-15-16-17/h3-6,8,19H,7H2,1-2H3,(H,13,18). The number of rotatable bonds is 4. The van der Waals surface area contributed by atoms with Crippen molar-refractivity contribution in [2.45, 2.75) is 19.4 Å². The van der Waals surface area contributed by atoms with Crippen LogP contribution in [-0.4, -0.2) is 43.4 Å². The zero-order chi connectivity index (χ0) is 13.9. The van der Waals surface area contributed by atoms with Crippen molar-refractivity contribution in [2.75, 3.05) is 6.54 Å². The van der Waals surface area contributed by atoms with E-state index in [1.165, 1.54) is 11.0 Å². The van der Waals surface area contributed by atoms with E-state index in [4.69, 9.17) is 0 Å². The van der Waals surface area contributed by atoms with Gasteiger partial charge < -0.3 is 10.4 Å². The van der Waals surface area contributed by atoms with Crippen molar-refractivity contribution in [2.24, 2.45) is 0 Å². The summed E-state index contributed by atoms with van der Waals surface area (Å²) in [5, 5.41) is 23.0. The molecule has 2 rings (SSSR count). The molecule has 2 N–H and O–H groups in total. The molecule has 1 aromatic carbocycles. The van der Waals surface area contributed by atoms with Crippen molar-refractivity contribution in [1.82, 2.24) is 25.5 Å². The average Bonchev–Trinajstić information content (AvgIpc) is 2.89. The average molecular weight is 261 g/mol. The van der Waals surface area contributed by atoms with Gasteiger partial charge in [-0.1, -0.05) is 0 Å². The Morgan fingerprint density at radius 1 is 1.37 bits per heavy atom. The third kappa shape index (κ3) is 3.59. The Bertz CT molecular complexity index is 542. The van der Waals surface area contributed by atoms with Crippen molar-refractivity contribution < 1.29 is 9.90 Å². The van der Waals surface area contributed by atoms with Gasteiger partial charge >= 0.3 is 0 Å². The lowest BCUT2D eigenvalue weighted by atomic mass is 10.1. The molecule has 0 bridgehead atoms. The Morgan fingerprint density at radius 2 is 2.05 bits per heavy atom. The lowest BCUT2D eigenvalue weighted by Gasteiger charge is -2.17. The first-order valence-electron chi connectivity index (χ1n) is 5.80. The second kappa shape index (κ2) is 5.15. The summed E-state index contributed by atoms with van der Waals surface area (Å²) in [5.74, 6) is -0.231. The highest BCUT2D eigenvalue weighted by atomic mass is 16.3. The predicted octanol–water partition coefficient (Wildman–Crippen LogP) is 0.163. The summed E-state index contributed by atoms with van der Waals surface area (Å²) in [4.78, 5) is 11.8. The number of aromatic nitrogens is 4. The number of aliphatic hydroxyl groups is 1. The molecule has 7 heteroatoms. The van der Waals surface area contributed by atoms with Gasteiger partial charge in [0, 0.05) is 12.1 Å². The Labute approximate surface area is 110 Å². The molecule has 0 aliphatic rings. The number of hydrogen-bond donors (Lipinski definition) is 2. The van der Waals surface area contributed by atoms with Crippen LogP contribution in [0.5, 0.6) is 0 Å². The summed E-state index contributed by atoms with van der Waals surface area (Å²) in [6.45, 7) is 3.46. The second-order valence-corrected chi connectivity index (χ2v) is 4.80. The van der Waals surface area contributed by atoms with Gasteiger partial charge in [0.25, 0.3) is 5.91 Å². The molecular formula is C12H15N5O2. The van der Waals surface area contributed by atoms with Crippen molar-refractivity contribution in [3.63, 3.8) is 0 Å². The van der Waals surface area contributed by atoms with Crippen molar-refractivity contribution in [3.05, 3.63) is 36.2 Å². The van der Waals surface area contributed by atoms with E-state index >= 15 is 0 Å². The number of nitrogens with zero attached hydrogens (tertiary/aromatic N) is 4. The van der Waals surface area contributed by atoms with Gasteiger partial charge in [0.05, 0.1) is 11.3 Å². The van der Waals surface area contributed by atoms with Gasteiger partial charge in [0.15, 0.2) is 0 Å². The van der Waals surface area contributed by atoms with Gasteiger partial charge in [-0.25, -0.2) is 4.68 Å². The number of carbonyl (C=O) groups excluding carboxylic acids is 1. The number of amides is 1. The lowest BCUT2D eigenvalue weighted by Crippen LogP contribution is -2.38. The quantitative estimate of drug-likeness (QED) is 0.818. The van der Waals surface area contributed by atoms with Gasteiger partial charge in [-0.2, -0.15) is 0 Å². The molecule has 1 heterocycles. The molecule has 100 valence electrons. The van der Waals surface area contributed by atoms with Crippen LogP contribution in [0.4, 0.5) is 0 Å². The molecule has 0 radical (unpaired) electrons. The minimum Gasteiger partial charge on any atom is -0.389 e. The molecule has 7 nitrogen and oxygen atoms in total. The van der Waals surface area contributed by atoms with Crippen molar-refractivity contribution in [3.8, 4) is 5.69 Å².